The lowest BCUT2D eigenvalue weighted by Crippen LogP contribution is -2.57. The number of fused-ring (bicyclic) bond motifs is 3. The van der Waals surface area contributed by atoms with Gasteiger partial charge in [0.15, 0.2) is 0 Å². The van der Waals surface area contributed by atoms with Gasteiger partial charge in [0.25, 0.3) is 0 Å². The minimum Gasteiger partial charge on any atom is -0.508 e. The molecule has 2 atom stereocenters. The first kappa shape index (κ1) is 12.9. The van der Waals surface area contributed by atoms with Gasteiger partial charge in [0.1, 0.15) is 5.75 Å². The fraction of sp³-hybridized carbons (Fsp3) is 0.625. The van der Waals surface area contributed by atoms with Crippen molar-refractivity contribution in [1.82, 2.24) is 0 Å². The third kappa shape index (κ3) is 1.79. The molecular formula is C16H23NO2. The Balaban J connectivity index is 2.15. The monoisotopic (exact) mass is 261 g/mol. The molecule has 3 nitrogen and oxygen atoms in total. The van der Waals surface area contributed by atoms with Gasteiger partial charge in [-0.1, -0.05) is 18.9 Å². The van der Waals surface area contributed by atoms with Crippen LogP contribution in [0.5, 0.6) is 5.75 Å². The van der Waals surface area contributed by atoms with Crippen LogP contribution in [0.4, 0.5) is 0 Å². The second kappa shape index (κ2) is 4.50. The molecule has 0 saturated heterocycles. The van der Waals surface area contributed by atoms with E-state index in [1.54, 1.807) is 6.07 Å². The van der Waals surface area contributed by atoms with Crippen LogP contribution in [0.15, 0.2) is 18.2 Å². The van der Waals surface area contributed by atoms with Gasteiger partial charge >= 0.3 is 0 Å². The Kier molecular flexibility index (Phi) is 3.06. The molecular weight excluding hydrogens is 238 g/mol. The number of hydrogen-bond donors (Lipinski definition) is 3. The average molecular weight is 261 g/mol. The SMILES string of the molecule is NCC[C@]12CCCC[C@@]1(O)CCc1cc(O)ccc12. The van der Waals surface area contributed by atoms with E-state index < -0.39 is 5.60 Å². The maximum Gasteiger partial charge on any atom is 0.115 e. The van der Waals surface area contributed by atoms with Crippen molar-refractivity contribution < 1.29 is 10.2 Å². The number of aliphatic hydroxyl groups is 1. The highest BCUT2D eigenvalue weighted by atomic mass is 16.3. The number of phenolic OH excluding ortho intramolecular Hbond substituents is 1. The number of nitrogens with two attached hydrogens (primary N) is 1. The second-order valence-electron chi connectivity index (χ2n) is 6.20. The van der Waals surface area contributed by atoms with E-state index >= 15 is 0 Å². The molecule has 0 unspecified atom stereocenters. The first-order valence-corrected chi connectivity index (χ1v) is 7.36. The molecule has 0 bridgehead atoms. The standard InChI is InChI=1S/C16H23NO2/c17-10-9-15-6-1-2-7-16(15,19)8-5-12-11-13(18)3-4-14(12)15/h3-4,11,18-19H,1-2,5-10,17H2/t15-,16+/m0/s1. The molecule has 0 amide bonds. The molecule has 1 aromatic carbocycles. The van der Waals surface area contributed by atoms with Gasteiger partial charge < -0.3 is 15.9 Å². The Morgan fingerprint density at radius 2 is 1.95 bits per heavy atom. The summed E-state index contributed by atoms with van der Waals surface area (Å²) in [5.74, 6) is 0.322. The molecule has 0 spiro atoms. The molecule has 2 aliphatic carbocycles. The van der Waals surface area contributed by atoms with Crippen molar-refractivity contribution in [3.8, 4) is 5.75 Å². The molecule has 19 heavy (non-hydrogen) atoms. The zero-order valence-corrected chi connectivity index (χ0v) is 11.4. The molecule has 0 heterocycles. The predicted molar refractivity (Wildman–Crippen MR) is 75.2 cm³/mol. The van der Waals surface area contributed by atoms with E-state index in [1.807, 2.05) is 12.1 Å². The Bertz CT molecular complexity index is 484. The molecule has 0 aliphatic heterocycles. The minimum absolute atomic E-state index is 0.193. The summed E-state index contributed by atoms with van der Waals surface area (Å²) in [5, 5.41) is 20.8. The summed E-state index contributed by atoms with van der Waals surface area (Å²) in [6.45, 7) is 0.600. The quantitative estimate of drug-likeness (QED) is 0.765. The normalized spacial score (nSPS) is 33.6. The molecule has 3 rings (SSSR count). The first-order chi connectivity index (χ1) is 9.11. The molecule has 3 heteroatoms. The van der Waals surface area contributed by atoms with E-state index in [2.05, 4.69) is 0 Å². The molecule has 1 aromatic rings. The van der Waals surface area contributed by atoms with Gasteiger partial charge in [0.05, 0.1) is 5.60 Å². The van der Waals surface area contributed by atoms with Crippen LogP contribution in [0, 0.1) is 0 Å². The summed E-state index contributed by atoms with van der Waals surface area (Å²) in [7, 11) is 0. The zero-order chi connectivity index (χ0) is 13.5. The Morgan fingerprint density at radius 1 is 1.16 bits per heavy atom. The smallest absolute Gasteiger partial charge is 0.115 e. The van der Waals surface area contributed by atoms with Crippen LogP contribution in [0.25, 0.3) is 0 Å². The second-order valence-corrected chi connectivity index (χ2v) is 6.20. The highest BCUT2D eigenvalue weighted by Crippen LogP contribution is 2.54. The van der Waals surface area contributed by atoms with E-state index in [-0.39, 0.29) is 5.41 Å². The van der Waals surface area contributed by atoms with Crippen molar-refractivity contribution in [2.45, 2.75) is 56.0 Å². The first-order valence-electron chi connectivity index (χ1n) is 7.36. The molecule has 1 fully saturated rings. The number of hydrogen-bond acceptors (Lipinski definition) is 3. The van der Waals surface area contributed by atoms with Crippen molar-refractivity contribution in [3.05, 3.63) is 29.3 Å². The lowest BCUT2D eigenvalue weighted by atomic mass is 9.53. The highest BCUT2D eigenvalue weighted by molar-refractivity contribution is 5.45. The summed E-state index contributed by atoms with van der Waals surface area (Å²) in [4.78, 5) is 0. The van der Waals surface area contributed by atoms with Gasteiger partial charge in [0, 0.05) is 5.41 Å². The maximum absolute atomic E-state index is 11.2. The molecule has 104 valence electrons. The predicted octanol–water partition coefficient (Wildman–Crippen LogP) is 2.23. The largest absolute Gasteiger partial charge is 0.508 e. The van der Waals surface area contributed by atoms with Gasteiger partial charge in [-0.15, -0.1) is 0 Å². The van der Waals surface area contributed by atoms with Crippen molar-refractivity contribution in [2.24, 2.45) is 5.73 Å². The third-order valence-corrected chi connectivity index (χ3v) is 5.32. The highest BCUT2D eigenvalue weighted by Gasteiger charge is 2.54. The van der Waals surface area contributed by atoms with Crippen molar-refractivity contribution >= 4 is 0 Å². The summed E-state index contributed by atoms with van der Waals surface area (Å²) in [5.41, 5.74) is 7.47. The van der Waals surface area contributed by atoms with Gasteiger partial charge in [-0.3, -0.25) is 0 Å². The van der Waals surface area contributed by atoms with E-state index in [1.165, 1.54) is 11.1 Å². The number of rotatable bonds is 2. The molecule has 4 N–H and O–H groups in total. The molecule has 0 aromatic heterocycles. The number of aromatic hydroxyl groups is 1. The summed E-state index contributed by atoms with van der Waals surface area (Å²) in [6, 6.07) is 5.62. The Labute approximate surface area is 114 Å². The zero-order valence-electron chi connectivity index (χ0n) is 11.4. The van der Waals surface area contributed by atoms with Crippen molar-refractivity contribution in [2.75, 3.05) is 6.54 Å². The van der Waals surface area contributed by atoms with Crippen LogP contribution >= 0.6 is 0 Å². The number of aryl methyl sites for hydroxylation is 1. The lowest BCUT2D eigenvalue weighted by Gasteiger charge is -2.54. The van der Waals surface area contributed by atoms with Gasteiger partial charge in [-0.25, -0.2) is 0 Å². The van der Waals surface area contributed by atoms with Crippen molar-refractivity contribution in [3.63, 3.8) is 0 Å². The van der Waals surface area contributed by atoms with Gasteiger partial charge in [-0.2, -0.15) is 0 Å². The van der Waals surface area contributed by atoms with E-state index in [0.29, 0.717) is 12.3 Å². The van der Waals surface area contributed by atoms with Crippen LogP contribution in [-0.4, -0.2) is 22.4 Å². The van der Waals surface area contributed by atoms with E-state index in [9.17, 15) is 10.2 Å². The average Bonchev–Trinajstić information content (AvgIpc) is 2.39. The third-order valence-electron chi connectivity index (χ3n) is 5.32. The van der Waals surface area contributed by atoms with Crippen LogP contribution in [0.1, 0.15) is 49.7 Å². The molecule has 1 saturated carbocycles. The summed E-state index contributed by atoms with van der Waals surface area (Å²) >= 11 is 0. The fourth-order valence-electron chi connectivity index (χ4n) is 4.40. The number of phenols is 1. The van der Waals surface area contributed by atoms with E-state index in [0.717, 1.165) is 44.9 Å². The van der Waals surface area contributed by atoms with Gasteiger partial charge in [-0.05, 0) is 61.9 Å². The Morgan fingerprint density at radius 3 is 2.74 bits per heavy atom. The van der Waals surface area contributed by atoms with Gasteiger partial charge in [0.2, 0.25) is 0 Å². The van der Waals surface area contributed by atoms with Crippen molar-refractivity contribution in [1.29, 1.82) is 0 Å². The summed E-state index contributed by atoms with van der Waals surface area (Å²) in [6.07, 6.45) is 6.64. The minimum atomic E-state index is -0.603. The van der Waals surface area contributed by atoms with Crippen LogP contribution in [0.3, 0.4) is 0 Å². The van der Waals surface area contributed by atoms with E-state index in [4.69, 9.17) is 5.73 Å². The molecule has 0 radical (unpaired) electrons. The van der Waals surface area contributed by atoms with Crippen LogP contribution < -0.4 is 5.73 Å². The lowest BCUT2D eigenvalue weighted by molar-refractivity contribution is -0.0862. The van der Waals surface area contributed by atoms with Crippen LogP contribution in [-0.2, 0) is 11.8 Å². The summed E-state index contributed by atoms with van der Waals surface area (Å²) < 4.78 is 0. The Hall–Kier alpha value is -1.06. The maximum atomic E-state index is 11.2. The topological polar surface area (TPSA) is 66.5 Å². The number of benzene rings is 1. The van der Waals surface area contributed by atoms with Crippen LogP contribution in [0.2, 0.25) is 0 Å². The fourth-order valence-corrected chi connectivity index (χ4v) is 4.40. The molecule has 2 aliphatic rings.